The molecule has 1 saturated heterocycles. The molecular formula is C18H35IN6O. The first kappa shape index (κ1) is 23.2. The van der Waals surface area contributed by atoms with Gasteiger partial charge in [-0.15, -0.1) is 24.0 Å². The smallest absolute Gasteiger partial charge is 0.194 e. The highest BCUT2D eigenvalue weighted by atomic mass is 127. The Hall–Kier alpha value is -0.870. The monoisotopic (exact) mass is 478 g/mol. The molecule has 0 spiro atoms. The molecule has 1 fully saturated rings. The zero-order valence-electron chi connectivity index (χ0n) is 16.8. The van der Waals surface area contributed by atoms with Crippen LogP contribution in [0.5, 0.6) is 0 Å². The van der Waals surface area contributed by atoms with Gasteiger partial charge in [-0.3, -0.25) is 9.89 Å². The van der Waals surface area contributed by atoms with Crippen molar-refractivity contribution in [3.8, 4) is 0 Å². The van der Waals surface area contributed by atoms with E-state index in [1.807, 2.05) is 13.0 Å². The van der Waals surface area contributed by atoms with Crippen molar-refractivity contribution in [2.45, 2.75) is 46.7 Å². The minimum absolute atomic E-state index is 0. The molecule has 2 heterocycles. The maximum Gasteiger partial charge on any atom is 0.194 e. The predicted octanol–water partition coefficient (Wildman–Crippen LogP) is 2.07. The molecule has 1 aliphatic rings. The van der Waals surface area contributed by atoms with Crippen LogP contribution >= 0.6 is 24.0 Å². The summed E-state index contributed by atoms with van der Waals surface area (Å²) in [5, 5.41) is 11.0. The number of nitrogens with zero attached hydrogens (tertiary/aromatic N) is 4. The molecule has 0 aliphatic carbocycles. The zero-order valence-corrected chi connectivity index (χ0v) is 19.2. The summed E-state index contributed by atoms with van der Waals surface area (Å²) in [7, 11) is 0. The molecule has 0 saturated carbocycles. The van der Waals surface area contributed by atoms with Gasteiger partial charge in [-0.05, 0) is 34.6 Å². The average Bonchev–Trinajstić information content (AvgIpc) is 2.95. The van der Waals surface area contributed by atoms with Crippen LogP contribution in [0.3, 0.4) is 0 Å². The van der Waals surface area contributed by atoms with Crippen LogP contribution in [-0.4, -0.2) is 72.3 Å². The maximum atomic E-state index is 5.15. The van der Waals surface area contributed by atoms with E-state index >= 15 is 0 Å². The highest BCUT2D eigenvalue weighted by Crippen LogP contribution is 2.09. The van der Waals surface area contributed by atoms with Crippen molar-refractivity contribution >= 4 is 29.9 Å². The Morgan fingerprint density at radius 1 is 1.27 bits per heavy atom. The Kier molecular flexibility index (Phi) is 9.88. The fraction of sp³-hybridized carbons (Fsp3) is 0.778. The lowest BCUT2D eigenvalue weighted by molar-refractivity contribution is 0.169. The van der Waals surface area contributed by atoms with Gasteiger partial charge >= 0.3 is 0 Å². The van der Waals surface area contributed by atoms with Gasteiger partial charge in [0.1, 0.15) is 5.76 Å². The fourth-order valence-corrected chi connectivity index (χ4v) is 2.86. The van der Waals surface area contributed by atoms with E-state index < -0.39 is 0 Å². The normalized spacial score (nSPS) is 16.5. The van der Waals surface area contributed by atoms with Crippen LogP contribution in [0.4, 0.5) is 0 Å². The van der Waals surface area contributed by atoms with Crippen LogP contribution < -0.4 is 10.6 Å². The fourth-order valence-electron chi connectivity index (χ4n) is 2.86. The van der Waals surface area contributed by atoms with E-state index in [-0.39, 0.29) is 29.5 Å². The Balaban J connectivity index is 0.00000338. The third-order valence-electron chi connectivity index (χ3n) is 4.10. The third kappa shape index (κ3) is 8.22. The number of aromatic nitrogens is 1. The van der Waals surface area contributed by atoms with Gasteiger partial charge in [0.2, 0.25) is 0 Å². The van der Waals surface area contributed by atoms with Crippen molar-refractivity contribution in [2.75, 3.05) is 45.8 Å². The summed E-state index contributed by atoms with van der Waals surface area (Å²) < 4.78 is 5.15. The Bertz CT molecular complexity index is 546. The van der Waals surface area contributed by atoms with Crippen molar-refractivity contribution in [3.63, 3.8) is 0 Å². The highest BCUT2D eigenvalue weighted by Gasteiger charge is 2.20. The van der Waals surface area contributed by atoms with Crippen molar-refractivity contribution < 1.29 is 4.52 Å². The summed E-state index contributed by atoms with van der Waals surface area (Å²) in [4.78, 5) is 9.54. The number of aliphatic imine (C=N–C) groups is 1. The molecule has 26 heavy (non-hydrogen) atoms. The topological polar surface area (TPSA) is 68.9 Å². The number of guanidine groups is 1. The van der Waals surface area contributed by atoms with Crippen molar-refractivity contribution in [3.05, 3.63) is 17.5 Å². The third-order valence-corrected chi connectivity index (χ3v) is 4.10. The van der Waals surface area contributed by atoms with E-state index in [2.05, 4.69) is 53.3 Å². The van der Waals surface area contributed by atoms with Gasteiger partial charge in [-0.1, -0.05) is 5.16 Å². The van der Waals surface area contributed by atoms with E-state index in [4.69, 9.17) is 9.52 Å². The number of aryl methyl sites for hydroxylation is 1. The van der Waals surface area contributed by atoms with Gasteiger partial charge in [-0.25, -0.2) is 0 Å². The van der Waals surface area contributed by atoms with Gasteiger partial charge in [0.05, 0.1) is 12.2 Å². The molecule has 0 amide bonds. The first-order chi connectivity index (χ1) is 11.9. The second kappa shape index (κ2) is 11.1. The molecule has 0 radical (unpaired) electrons. The van der Waals surface area contributed by atoms with E-state index in [1.165, 1.54) is 0 Å². The lowest BCUT2D eigenvalue weighted by Gasteiger charge is -2.36. The number of hydrogen-bond donors (Lipinski definition) is 2. The minimum atomic E-state index is 0. The van der Waals surface area contributed by atoms with Crippen molar-refractivity contribution in [2.24, 2.45) is 4.99 Å². The Labute approximate surface area is 175 Å². The van der Waals surface area contributed by atoms with Crippen LogP contribution in [0.25, 0.3) is 0 Å². The largest absolute Gasteiger partial charge is 0.361 e. The first-order valence-electron chi connectivity index (χ1n) is 9.30. The molecule has 8 heteroatoms. The van der Waals surface area contributed by atoms with Crippen LogP contribution in [0.1, 0.15) is 39.1 Å². The molecule has 1 aromatic rings. The van der Waals surface area contributed by atoms with E-state index in [9.17, 15) is 0 Å². The van der Waals surface area contributed by atoms with E-state index in [1.54, 1.807) is 0 Å². The van der Waals surface area contributed by atoms with E-state index in [0.717, 1.165) is 69.8 Å². The lowest BCUT2D eigenvalue weighted by Crippen LogP contribution is -2.52. The molecule has 0 unspecified atom stereocenters. The van der Waals surface area contributed by atoms with Gasteiger partial charge in [0.25, 0.3) is 0 Å². The first-order valence-corrected chi connectivity index (χ1v) is 9.30. The summed E-state index contributed by atoms with van der Waals surface area (Å²) in [5.74, 6) is 1.90. The van der Waals surface area contributed by atoms with Crippen LogP contribution in [0.2, 0.25) is 0 Å². The molecule has 7 nitrogen and oxygen atoms in total. The van der Waals surface area contributed by atoms with Gasteiger partial charge < -0.3 is 20.1 Å². The summed E-state index contributed by atoms with van der Waals surface area (Å²) in [6, 6.07) is 2.01. The quantitative estimate of drug-likeness (QED) is 0.283. The van der Waals surface area contributed by atoms with Crippen molar-refractivity contribution in [1.29, 1.82) is 0 Å². The molecule has 150 valence electrons. The summed E-state index contributed by atoms with van der Waals surface area (Å²) in [5.41, 5.74) is 1.15. The van der Waals surface area contributed by atoms with Crippen LogP contribution in [0.15, 0.2) is 15.6 Å². The van der Waals surface area contributed by atoms with Gasteiger partial charge in [-0.2, -0.15) is 0 Å². The molecule has 1 aromatic heterocycles. The van der Waals surface area contributed by atoms with Crippen LogP contribution in [-0.2, 0) is 6.54 Å². The molecular weight excluding hydrogens is 443 g/mol. The zero-order chi connectivity index (χ0) is 18.3. The average molecular weight is 478 g/mol. The maximum absolute atomic E-state index is 5.15. The molecule has 1 aliphatic heterocycles. The number of hydrogen-bond acceptors (Lipinski definition) is 5. The molecule has 2 rings (SSSR count). The number of rotatable bonds is 6. The highest BCUT2D eigenvalue weighted by molar-refractivity contribution is 14.0. The number of halogens is 1. The second-order valence-electron chi connectivity index (χ2n) is 7.60. The SMILES string of the molecule is CCNC(=NCCNC(C)(C)C)N1CCN(Cc2cc(C)on2)CC1.I. The number of piperazine rings is 1. The minimum Gasteiger partial charge on any atom is -0.361 e. The Morgan fingerprint density at radius 2 is 1.96 bits per heavy atom. The Morgan fingerprint density at radius 3 is 2.50 bits per heavy atom. The standard InChI is InChI=1S/C18H34N6O.HI/c1-6-19-17(20-7-8-21-18(3,4)5)24-11-9-23(10-12-24)14-16-13-15(2)25-22-16;/h13,21H,6-12,14H2,1-5H3,(H,19,20);1H. The lowest BCUT2D eigenvalue weighted by atomic mass is 10.1. The van der Waals surface area contributed by atoms with E-state index in [0.29, 0.717) is 0 Å². The molecule has 0 bridgehead atoms. The summed E-state index contributed by atoms with van der Waals surface area (Å²) >= 11 is 0. The summed E-state index contributed by atoms with van der Waals surface area (Å²) in [6.45, 7) is 18.0. The van der Waals surface area contributed by atoms with Gasteiger partial charge in [0, 0.05) is 57.4 Å². The molecule has 2 N–H and O–H groups in total. The van der Waals surface area contributed by atoms with Gasteiger partial charge in [0.15, 0.2) is 5.96 Å². The van der Waals surface area contributed by atoms with Crippen molar-refractivity contribution in [1.82, 2.24) is 25.6 Å². The second-order valence-corrected chi connectivity index (χ2v) is 7.60. The molecule has 0 aromatic carbocycles. The molecule has 0 atom stereocenters. The number of nitrogens with one attached hydrogen (secondary N) is 2. The predicted molar refractivity (Wildman–Crippen MR) is 117 cm³/mol. The summed E-state index contributed by atoms with van der Waals surface area (Å²) in [6.07, 6.45) is 0. The van der Waals surface area contributed by atoms with Crippen LogP contribution in [0, 0.1) is 6.92 Å².